The Labute approximate surface area is 185 Å². The highest BCUT2D eigenvalue weighted by Gasteiger charge is 2.22. The Kier molecular flexibility index (Phi) is 5.95. The molecule has 2 aromatic carbocycles. The SMILES string of the molecule is COc1cc2c(OC[C@@H]3CCC(=O)N3)ncc(C#Cc3ccc(C)cc3)c2cc1C(N)=O. The Morgan fingerprint density at radius 3 is 2.66 bits per heavy atom. The van der Waals surface area contributed by atoms with Gasteiger partial charge in [-0.15, -0.1) is 0 Å². The van der Waals surface area contributed by atoms with Gasteiger partial charge >= 0.3 is 0 Å². The summed E-state index contributed by atoms with van der Waals surface area (Å²) in [6, 6.07) is 11.2. The van der Waals surface area contributed by atoms with Gasteiger partial charge in [0.15, 0.2) is 0 Å². The minimum absolute atomic E-state index is 0.0194. The molecule has 0 bridgehead atoms. The standard InChI is InChI=1S/C25H23N3O4/c1-15-3-5-16(6-4-15)7-8-17-13-27-25(32-14-18-9-10-23(29)28-18)20-12-22(31-2)21(24(26)30)11-19(17)20/h3-6,11-13,18H,9-10,14H2,1-2H3,(H2,26,30)(H,28,29)/t18-/m0/s1. The lowest BCUT2D eigenvalue weighted by Gasteiger charge is -2.15. The number of nitrogens with zero attached hydrogens (tertiary/aromatic N) is 1. The van der Waals surface area contributed by atoms with Crippen LogP contribution >= 0.6 is 0 Å². The fourth-order valence-electron chi connectivity index (χ4n) is 3.58. The highest BCUT2D eigenvalue weighted by molar-refractivity contribution is 6.03. The Bertz CT molecular complexity index is 1260. The summed E-state index contributed by atoms with van der Waals surface area (Å²) < 4.78 is 11.3. The molecule has 1 aromatic heterocycles. The molecule has 0 unspecified atom stereocenters. The molecule has 0 saturated carbocycles. The molecule has 0 spiro atoms. The second-order valence-corrected chi connectivity index (χ2v) is 7.67. The molecule has 2 heterocycles. The van der Waals surface area contributed by atoms with E-state index in [1.807, 2.05) is 31.2 Å². The average molecular weight is 429 g/mol. The summed E-state index contributed by atoms with van der Waals surface area (Å²) in [5.41, 5.74) is 8.46. The van der Waals surface area contributed by atoms with Gasteiger partial charge in [0.1, 0.15) is 12.4 Å². The van der Waals surface area contributed by atoms with Crippen molar-refractivity contribution in [2.45, 2.75) is 25.8 Å². The molecule has 1 atom stereocenters. The molecule has 1 aliphatic rings. The van der Waals surface area contributed by atoms with E-state index < -0.39 is 5.91 Å². The summed E-state index contributed by atoms with van der Waals surface area (Å²) in [6.07, 6.45) is 2.82. The number of carbonyl (C=O) groups excluding carboxylic acids is 2. The van der Waals surface area contributed by atoms with Crippen molar-refractivity contribution in [1.82, 2.24) is 10.3 Å². The van der Waals surface area contributed by atoms with E-state index in [0.29, 0.717) is 47.4 Å². The van der Waals surface area contributed by atoms with E-state index in [0.717, 1.165) is 11.1 Å². The van der Waals surface area contributed by atoms with Crippen LogP contribution < -0.4 is 20.5 Å². The molecule has 2 amide bonds. The molecule has 3 N–H and O–H groups in total. The fourth-order valence-corrected chi connectivity index (χ4v) is 3.58. The first-order chi connectivity index (χ1) is 15.4. The third-order valence-electron chi connectivity index (χ3n) is 5.34. The number of hydrogen-bond donors (Lipinski definition) is 2. The number of aromatic nitrogens is 1. The highest BCUT2D eigenvalue weighted by atomic mass is 16.5. The average Bonchev–Trinajstić information content (AvgIpc) is 3.21. The Morgan fingerprint density at radius 1 is 1.22 bits per heavy atom. The van der Waals surface area contributed by atoms with Crippen molar-refractivity contribution in [1.29, 1.82) is 0 Å². The molecule has 0 aliphatic carbocycles. The number of benzene rings is 2. The topological polar surface area (TPSA) is 104 Å². The van der Waals surface area contributed by atoms with E-state index in [1.165, 1.54) is 7.11 Å². The van der Waals surface area contributed by atoms with Crippen LogP contribution in [0.2, 0.25) is 0 Å². The molecular formula is C25H23N3O4. The number of fused-ring (bicyclic) bond motifs is 1. The molecule has 32 heavy (non-hydrogen) atoms. The maximum atomic E-state index is 12.0. The summed E-state index contributed by atoms with van der Waals surface area (Å²) in [5.74, 6) is 6.39. The van der Waals surface area contributed by atoms with E-state index in [1.54, 1.807) is 18.3 Å². The number of hydrogen-bond acceptors (Lipinski definition) is 5. The summed E-state index contributed by atoms with van der Waals surface area (Å²) >= 11 is 0. The largest absolute Gasteiger partial charge is 0.496 e. The summed E-state index contributed by atoms with van der Waals surface area (Å²) in [4.78, 5) is 27.9. The van der Waals surface area contributed by atoms with Gasteiger partial charge in [0.2, 0.25) is 11.8 Å². The van der Waals surface area contributed by atoms with Crippen LogP contribution in [0.4, 0.5) is 0 Å². The first-order valence-electron chi connectivity index (χ1n) is 10.3. The van der Waals surface area contributed by atoms with Gasteiger partial charge < -0.3 is 20.5 Å². The molecule has 7 heteroatoms. The van der Waals surface area contributed by atoms with Crippen LogP contribution in [0.3, 0.4) is 0 Å². The van der Waals surface area contributed by atoms with Gasteiger partial charge in [-0.2, -0.15) is 0 Å². The molecule has 4 rings (SSSR count). The highest BCUT2D eigenvalue weighted by Crippen LogP contribution is 2.33. The van der Waals surface area contributed by atoms with Crippen molar-refractivity contribution in [3.63, 3.8) is 0 Å². The fraction of sp³-hybridized carbons (Fsp3) is 0.240. The van der Waals surface area contributed by atoms with Crippen LogP contribution in [0.15, 0.2) is 42.6 Å². The predicted molar refractivity (Wildman–Crippen MR) is 121 cm³/mol. The Morgan fingerprint density at radius 2 is 2.00 bits per heavy atom. The minimum Gasteiger partial charge on any atom is -0.496 e. The quantitative estimate of drug-likeness (QED) is 0.607. The van der Waals surface area contributed by atoms with Crippen molar-refractivity contribution in [2.24, 2.45) is 5.73 Å². The zero-order valence-electron chi connectivity index (χ0n) is 17.9. The number of aryl methyl sites for hydroxylation is 1. The first kappa shape index (κ1) is 21.2. The maximum absolute atomic E-state index is 12.0. The number of primary amides is 1. The van der Waals surface area contributed by atoms with Crippen molar-refractivity contribution < 1.29 is 19.1 Å². The van der Waals surface area contributed by atoms with E-state index in [4.69, 9.17) is 15.2 Å². The zero-order valence-corrected chi connectivity index (χ0v) is 17.9. The second-order valence-electron chi connectivity index (χ2n) is 7.67. The number of nitrogens with two attached hydrogens (primary N) is 1. The number of carbonyl (C=O) groups is 2. The first-order valence-corrected chi connectivity index (χ1v) is 10.3. The molecule has 7 nitrogen and oxygen atoms in total. The molecule has 162 valence electrons. The lowest BCUT2D eigenvalue weighted by molar-refractivity contribution is -0.119. The Balaban J connectivity index is 1.77. The predicted octanol–water partition coefficient (Wildman–Crippen LogP) is 2.71. The normalized spacial score (nSPS) is 15.1. The van der Waals surface area contributed by atoms with Gasteiger partial charge in [0.05, 0.1) is 24.3 Å². The number of ether oxygens (including phenoxy) is 2. The van der Waals surface area contributed by atoms with Crippen LogP contribution in [-0.2, 0) is 4.79 Å². The van der Waals surface area contributed by atoms with Crippen LogP contribution in [0.5, 0.6) is 11.6 Å². The monoisotopic (exact) mass is 429 g/mol. The molecule has 0 radical (unpaired) electrons. The summed E-state index contributed by atoms with van der Waals surface area (Å²) in [6.45, 7) is 2.31. The van der Waals surface area contributed by atoms with E-state index in [9.17, 15) is 9.59 Å². The van der Waals surface area contributed by atoms with Crippen LogP contribution in [0.25, 0.3) is 10.8 Å². The van der Waals surface area contributed by atoms with Gasteiger partial charge in [0, 0.05) is 29.0 Å². The Hall–Kier alpha value is -4.05. The van der Waals surface area contributed by atoms with Crippen LogP contribution in [0.1, 0.15) is 39.9 Å². The molecule has 1 fully saturated rings. The van der Waals surface area contributed by atoms with Gasteiger partial charge in [-0.1, -0.05) is 29.5 Å². The third-order valence-corrected chi connectivity index (χ3v) is 5.34. The summed E-state index contributed by atoms with van der Waals surface area (Å²) in [7, 11) is 1.47. The van der Waals surface area contributed by atoms with Crippen LogP contribution in [0, 0.1) is 18.8 Å². The molecule has 1 aliphatic heterocycles. The third kappa shape index (κ3) is 4.49. The second kappa shape index (κ2) is 8.98. The smallest absolute Gasteiger partial charge is 0.252 e. The summed E-state index contributed by atoms with van der Waals surface area (Å²) in [5, 5.41) is 4.20. The molecule has 1 saturated heterocycles. The number of methoxy groups -OCH3 is 1. The number of nitrogens with one attached hydrogen (secondary N) is 1. The van der Waals surface area contributed by atoms with Gasteiger partial charge in [-0.05, 0) is 37.6 Å². The number of pyridine rings is 1. The van der Waals surface area contributed by atoms with Crippen molar-refractivity contribution in [2.75, 3.05) is 13.7 Å². The van der Waals surface area contributed by atoms with Gasteiger partial charge in [0.25, 0.3) is 5.91 Å². The van der Waals surface area contributed by atoms with E-state index in [2.05, 4.69) is 22.1 Å². The number of rotatable bonds is 5. The maximum Gasteiger partial charge on any atom is 0.252 e. The minimum atomic E-state index is -0.603. The zero-order chi connectivity index (χ0) is 22.7. The lowest BCUT2D eigenvalue weighted by atomic mass is 10.0. The lowest BCUT2D eigenvalue weighted by Crippen LogP contribution is -2.31. The number of amides is 2. The van der Waals surface area contributed by atoms with Crippen molar-refractivity contribution in [3.8, 4) is 23.5 Å². The van der Waals surface area contributed by atoms with Gasteiger partial charge in [-0.3, -0.25) is 9.59 Å². The van der Waals surface area contributed by atoms with Gasteiger partial charge in [-0.25, -0.2) is 4.98 Å². The molecule has 3 aromatic rings. The van der Waals surface area contributed by atoms with Crippen molar-refractivity contribution >= 4 is 22.6 Å². The van der Waals surface area contributed by atoms with Crippen molar-refractivity contribution in [3.05, 3.63) is 64.8 Å². The molecular weight excluding hydrogens is 406 g/mol. The van der Waals surface area contributed by atoms with E-state index in [-0.39, 0.29) is 17.5 Å². The van der Waals surface area contributed by atoms with E-state index >= 15 is 0 Å². The van der Waals surface area contributed by atoms with Crippen LogP contribution in [-0.4, -0.2) is 36.6 Å².